The number of carbonyl (C=O) groups is 3. The van der Waals surface area contributed by atoms with Crippen LogP contribution >= 0.6 is 0 Å². The summed E-state index contributed by atoms with van der Waals surface area (Å²) in [6.45, 7) is 3.28. The minimum Gasteiger partial charge on any atom is -0.444 e. The molecule has 1 fully saturated rings. The van der Waals surface area contributed by atoms with Gasteiger partial charge in [-0.15, -0.1) is 0 Å². The second kappa shape index (κ2) is 9.63. The summed E-state index contributed by atoms with van der Waals surface area (Å²) < 4.78 is 5.40. The van der Waals surface area contributed by atoms with Crippen LogP contribution in [0.5, 0.6) is 0 Å². The number of rotatable bonds is 7. The van der Waals surface area contributed by atoms with Crippen molar-refractivity contribution < 1.29 is 34.2 Å². The van der Waals surface area contributed by atoms with Crippen LogP contribution in [0.1, 0.15) is 32.8 Å². The number of benzene rings is 1. The fourth-order valence-corrected chi connectivity index (χ4v) is 3.59. The topological polar surface area (TPSA) is 137 Å². The number of aliphatic hydroxyl groups is 2. The largest absolute Gasteiger partial charge is 0.444 e. The number of hydrogen-bond donors (Lipinski definition) is 4. The Labute approximate surface area is 181 Å². The van der Waals surface area contributed by atoms with Gasteiger partial charge in [0.05, 0.1) is 25.2 Å². The SMILES string of the molecule is CNC(=O)C1(CO)CN(C(=O)OC(C)(C)C)C(CO)(C(=O)NOCc2ccccc2)C1. The zero-order valence-electron chi connectivity index (χ0n) is 18.3. The Morgan fingerprint density at radius 2 is 1.74 bits per heavy atom. The number of ether oxygens (including phenoxy) is 1. The molecule has 0 spiro atoms. The van der Waals surface area contributed by atoms with Crippen LogP contribution in [0.3, 0.4) is 0 Å². The molecule has 31 heavy (non-hydrogen) atoms. The van der Waals surface area contributed by atoms with Crippen LogP contribution in [-0.4, -0.2) is 71.0 Å². The lowest BCUT2D eigenvalue weighted by molar-refractivity contribution is -0.148. The number of nitrogens with one attached hydrogen (secondary N) is 2. The van der Waals surface area contributed by atoms with Gasteiger partial charge < -0.3 is 20.3 Å². The molecule has 0 bridgehead atoms. The summed E-state index contributed by atoms with van der Waals surface area (Å²) in [4.78, 5) is 44.9. The van der Waals surface area contributed by atoms with Crippen molar-refractivity contribution >= 4 is 17.9 Å². The summed E-state index contributed by atoms with van der Waals surface area (Å²) in [6, 6.07) is 9.08. The summed E-state index contributed by atoms with van der Waals surface area (Å²) >= 11 is 0. The van der Waals surface area contributed by atoms with E-state index in [-0.39, 0.29) is 19.6 Å². The predicted octanol–water partition coefficient (Wildman–Crippen LogP) is 0.331. The Morgan fingerprint density at radius 3 is 2.26 bits per heavy atom. The van der Waals surface area contributed by atoms with Gasteiger partial charge >= 0.3 is 6.09 Å². The summed E-state index contributed by atoms with van der Waals surface area (Å²) in [5.74, 6) is -1.38. The molecule has 2 unspecified atom stereocenters. The zero-order chi connectivity index (χ0) is 23.3. The molecule has 0 radical (unpaired) electrons. The average Bonchev–Trinajstić information content (AvgIpc) is 3.10. The summed E-state index contributed by atoms with van der Waals surface area (Å²) in [7, 11) is 1.39. The van der Waals surface area contributed by atoms with E-state index in [1.54, 1.807) is 32.9 Å². The maximum absolute atomic E-state index is 13.1. The third-order valence-electron chi connectivity index (χ3n) is 5.16. The van der Waals surface area contributed by atoms with Crippen LogP contribution in [0.2, 0.25) is 0 Å². The van der Waals surface area contributed by atoms with E-state index in [1.807, 2.05) is 18.2 Å². The van der Waals surface area contributed by atoms with E-state index < -0.39 is 47.7 Å². The predicted molar refractivity (Wildman–Crippen MR) is 110 cm³/mol. The molecule has 2 atom stereocenters. The molecule has 0 aliphatic carbocycles. The van der Waals surface area contributed by atoms with Crippen molar-refractivity contribution in [1.29, 1.82) is 0 Å². The number of nitrogens with zero attached hydrogens (tertiary/aromatic N) is 1. The van der Waals surface area contributed by atoms with Crippen LogP contribution in [0, 0.1) is 5.41 Å². The van der Waals surface area contributed by atoms with E-state index in [2.05, 4.69) is 10.8 Å². The smallest absolute Gasteiger partial charge is 0.411 e. The highest BCUT2D eigenvalue weighted by Gasteiger charge is 2.62. The molecule has 1 saturated heterocycles. The maximum Gasteiger partial charge on any atom is 0.411 e. The molecule has 1 aliphatic heterocycles. The number of amides is 3. The van der Waals surface area contributed by atoms with Gasteiger partial charge in [0.2, 0.25) is 5.91 Å². The number of carbonyl (C=O) groups excluding carboxylic acids is 3. The van der Waals surface area contributed by atoms with Crippen molar-refractivity contribution in [3.05, 3.63) is 35.9 Å². The van der Waals surface area contributed by atoms with Crippen molar-refractivity contribution in [2.75, 3.05) is 26.8 Å². The van der Waals surface area contributed by atoms with E-state index in [9.17, 15) is 24.6 Å². The molecule has 3 amide bonds. The first-order valence-corrected chi connectivity index (χ1v) is 9.94. The highest BCUT2D eigenvalue weighted by Crippen LogP contribution is 2.43. The quantitative estimate of drug-likeness (QED) is 0.451. The van der Waals surface area contributed by atoms with E-state index in [0.717, 1.165) is 10.5 Å². The standard InChI is InChI=1S/C21H31N3O7/c1-19(2,3)31-18(29)24-12-20(13-25,16(27)22-4)11-21(24,14-26)17(28)23-30-10-15-8-6-5-7-9-15/h5-9,25-26H,10-14H2,1-4H3,(H,22,27)(H,23,28). The van der Waals surface area contributed by atoms with Gasteiger partial charge in [0, 0.05) is 20.0 Å². The molecule has 10 heteroatoms. The third-order valence-corrected chi connectivity index (χ3v) is 5.16. The summed E-state index contributed by atoms with van der Waals surface area (Å²) in [5.41, 5.74) is -1.17. The molecule has 0 saturated carbocycles. The molecule has 172 valence electrons. The van der Waals surface area contributed by atoms with Crippen molar-refractivity contribution in [2.45, 2.75) is 44.9 Å². The van der Waals surface area contributed by atoms with Gasteiger partial charge in [0.1, 0.15) is 5.60 Å². The van der Waals surface area contributed by atoms with Crippen LogP contribution in [0.15, 0.2) is 30.3 Å². The molecule has 1 heterocycles. The first-order chi connectivity index (χ1) is 14.5. The minimum atomic E-state index is -1.87. The zero-order valence-corrected chi connectivity index (χ0v) is 18.3. The van der Waals surface area contributed by atoms with Gasteiger partial charge in [-0.05, 0) is 26.3 Å². The van der Waals surface area contributed by atoms with Crippen molar-refractivity contribution in [1.82, 2.24) is 15.7 Å². The Hall–Kier alpha value is -2.69. The van der Waals surface area contributed by atoms with Crippen LogP contribution in [0.25, 0.3) is 0 Å². The normalized spacial score (nSPS) is 23.4. The van der Waals surface area contributed by atoms with E-state index in [4.69, 9.17) is 9.57 Å². The molecule has 10 nitrogen and oxygen atoms in total. The lowest BCUT2D eigenvalue weighted by Crippen LogP contribution is -2.60. The Balaban J connectivity index is 2.31. The fraction of sp³-hybridized carbons (Fsp3) is 0.571. The molecule has 1 aromatic carbocycles. The number of likely N-dealkylation sites (tertiary alicyclic amines) is 1. The third kappa shape index (κ3) is 5.33. The lowest BCUT2D eigenvalue weighted by atomic mass is 9.80. The number of hydrogen-bond acceptors (Lipinski definition) is 7. The van der Waals surface area contributed by atoms with Crippen molar-refractivity contribution in [3.8, 4) is 0 Å². The molecule has 1 aliphatic rings. The monoisotopic (exact) mass is 437 g/mol. The van der Waals surface area contributed by atoms with Gasteiger partial charge in [-0.25, -0.2) is 10.3 Å². The van der Waals surface area contributed by atoms with Crippen LogP contribution in [-0.2, 0) is 25.8 Å². The van der Waals surface area contributed by atoms with E-state index >= 15 is 0 Å². The average molecular weight is 437 g/mol. The van der Waals surface area contributed by atoms with Crippen LogP contribution < -0.4 is 10.8 Å². The fourth-order valence-electron chi connectivity index (χ4n) is 3.59. The second-order valence-electron chi connectivity index (χ2n) is 8.66. The number of aliphatic hydroxyl groups excluding tert-OH is 2. The number of hydroxylamine groups is 1. The molecule has 4 N–H and O–H groups in total. The van der Waals surface area contributed by atoms with E-state index in [0.29, 0.717) is 0 Å². The summed E-state index contributed by atoms with van der Waals surface area (Å²) in [5, 5.41) is 22.7. The maximum atomic E-state index is 13.1. The summed E-state index contributed by atoms with van der Waals surface area (Å²) in [6.07, 6.45) is -1.20. The van der Waals surface area contributed by atoms with Gasteiger partial charge in [-0.1, -0.05) is 30.3 Å². The Bertz CT molecular complexity index is 796. The van der Waals surface area contributed by atoms with Gasteiger partial charge in [0.25, 0.3) is 5.91 Å². The minimum absolute atomic E-state index is 0.0567. The molecule has 1 aromatic rings. The second-order valence-corrected chi connectivity index (χ2v) is 8.66. The Morgan fingerprint density at radius 1 is 1.10 bits per heavy atom. The first-order valence-electron chi connectivity index (χ1n) is 9.94. The van der Waals surface area contributed by atoms with Gasteiger partial charge in [0.15, 0.2) is 5.54 Å². The van der Waals surface area contributed by atoms with E-state index in [1.165, 1.54) is 7.05 Å². The molecule has 0 aromatic heterocycles. The molecule has 2 rings (SSSR count). The lowest BCUT2D eigenvalue weighted by Gasteiger charge is -2.36. The van der Waals surface area contributed by atoms with Gasteiger partial charge in [-0.3, -0.25) is 19.3 Å². The van der Waals surface area contributed by atoms with Gasteiger partial charge in [-0.2, -0.15) is 0 Å². The first kappa shape index (κ1) is 24.6. The molecular formula is C21H31N3O7. The highest BCUT2D eigenvalue weighted by atomic mass is 16.7. The highest BCUT2D eigenvalue weighted by molar-refractivity contribution is 5.94. The van der Waals surface area contributed by atoms with Crippen molar-refractivity contribution in [3.63, 3.8) is 0 Å². The van der Waals surface area contributed by atoms with Crippen LogP contribution in [0.4, 0.5) is 4.79 Å². The molecular weight excluding hydrogens is 406 g/mol. The van der Waals surface area contributed by atoms with Crippen molar-refractivity contribution in [2.24, 2.45) is 5.41 Å². The Kier molecular flexibility index (Phi) is 7.63.